The third-order valence-corrected chi connectivity index (χ3v) is 3.80. The predicted molar refractivity (Wildman–Crippen MR) is 75.9 cm³/mol. The molecule has 0 spiro atoms. The molecule has 1 fully saturated rings. The number of nitrogens with one attached hydrogen (secondary N) is 1. The highest BCUT2D eigenvalue weighted by atomic mass is 19.1. The number of nitrogens with zero attached hydrogens (tertiary/aromatic N) is 3. The Kier molecular flexibility index (Phi) is 4.71. The van der Waals surface area contributed by atoms with Gasteiger partial charge in [0.1, 0.15) is 0 Å². The Hall–Kier alpha value is -1.20. The van der Waals surface area contributed by atoms with Crippen molar-refractivity contribution in [2.75, 3.05) is 39.1 Å². The maximum atomic E-state index is 14.4. The maximum absolute atomic E-state index is 14.4. The van der Waals surface area contributed by atoms with E-state index < -0.39 is 0 Å². The number of likely N-dealkylation sites (tertiary alicyclic amines) is 1. The molecule has 1 aromatic heterocycles. The highest BCUT2D eigenvalue weighted by molar-refractivity contribution is 5.43. The Bertz CT molecular complexity index is 424. The summed E-state index contributed by atoms with van der Waals surface area (Å²) in [5, 5.41) is 2.98. The topological polar surface area (TPSA) is 31.4 Å². The van der Waals surface area contributed by atoms with Crippen LogP contribution in [0.5, 0.6) is 0 Å². The fourth-order valence-corrected chi connectivity index (χ4v) is 2.67. The molecule has 1 aromatic rings. The van der Waals surface area contributed by atoms with Crippen molar-refractivity contribution in [3.63, 3.8) is 0 Å². The first kappa shape index (κ1) is 14.2. The smallest absolute Gasteiger partial charge is 0.170 e. The zero-order chi connectivity index (χ0) is 13.8. The lowest BCUT2D eigenvalue weighted by molar-refractivity contribution is 0.247. The molecule has 2 heterocycles. The normalized spacial score (nSPS) is 20.5. The van der Waals surface area contributed by atoms with Gasteiger partial charge < -0.3 is 15.1 Å². The van der Waals surface area contributed by atoms with Crippen LogP contribution in [-0.4, -0.2) is 50.2 Å². The van der Waals surface area contributed by atoms with Gasteiger partial charge in [0.05, 0.1) is 0 Å². The van der Waals surface area contributed by atoms with Crippen LogP contribution in [0.2, 0.25) is 0 Å². The fraction of sp³-hybridized carbons (Fsp3) is 0.643. The van der Waals surface area contributed by atoms with Gasteiger partial charge >= 0.3 is 0 Å². The summed E-state index contributed by atoms with van der Waals surface area (Å²) in [5.74, 6) is 0.264. The number of halogens is 1. The molecule has 5 heteroatoms. The van der Waals surface area contributed by atoms with Crippen LogP contribution in [0.15, 0.2) is 12.3 Å². The molecule has 1 N–H and O–H groups in total. The van der Waals surface area contributed by atoms with Crippen LogP contribution < -0.4 is 10.2 Å². The van der Waals surface area contributed by atoms with Gasteiger partial charge in [-0.1, -0.05) is 0 Å². The average molecular weight is 266 g/mol. The molecule has 1 aliphatic rings. The molecular weight excluding hydrogens is 243 g/mol. The highest BCUT2D eigenvalue weighted by Crippen LogP contribution is 2.23. The lowest BCUT2D eigenvalue weighted by Crippen LogP contribution is -2.45. The summed E-state index contributed by atoms with van der Waals surface area (Å²) in [7, 11) is 5.87. The minimum absolute atomic E-state index is 0.201. The SMILES string of the molecule is CNCc1ccnc(N(C)C2CCCN(C)C2)c1F. The van der Waals surface area contributed by atoms with E-state index in [1.807, 2.05) is 19.0 Å². The number of rotatable bonds is 4. The molecular formula is C14H23FN4. The van der Waals surface area contributed by atoms with Crippen molar-refractivity contribution in [2.45, 2.75) is 25.4 Å². The minimum Gasteiger partial charge on any atom is -0.353 e. The van der Waals surface area contributed by atoms with E-state index in [4.69, 9.17) is 0 Å². The summed E-state index contributed by atoms with van der Waals surface area (Å²) in [6, 6.07) is 2.07. The van der Waals surface area contributed by atoms with E-state index in [1.165, 1.54) is 0 Å². The van der Waals surface area contributed by atoms with Crippen molar-refractivity contribution in [2.24, 2.45) is 0 Å². The summed E-state index contributed by atoms with van der Waals surface area (Å²) < 4.78 is 14.4. The summed E-state index contributed by atoms with van der Waals surface area (Å²) in [6.07, 6.45) is 3.94. The number of aromatic nitrogens is 1. The number of pyridine rings is 1. The van der Waals surface area contributed by atoms with Crippen molar-refractivity contribution in [1.82, 2.24) is 15.2 Å². The van der Waals surface area contributed by atoms with Crippen molar-refractivity contribution < 1.29 is 4.39 Å². The van der Waals surface area contributed by atoms with Gasteiger partial charge in [-0.25, -0.2) is 9.37 Å². The summed E-state index contributed by atoms with van der Waals surface area (Å²) in [4.78, 5) is 8.51. The molecule has 2 rings (SSSR count). The Balaban J connectivity index is 2.18. The predicted octanol–water partition coefficient (Wildman–Crippen LogP) is 1.47. The van der Waals surface area contributed by atoms with Gasteiger partial charge in [0.2, 0.25) is 0 Å². The van der Waals surface area contributed by atoms with Crippen LogP contribution >= 0.6 is 0 Å². The lowest BCUT2D eigenvalue weighted by Gasteiger charge is -2.36. The van der Waals surface area contributed by atoms with Crippen LogP contribution in [0.3, 0.4) is 0 Å². The standard InChI is InChI=1S/C14H23FN4/c1-16-9-11-6-7-17-14(13(11)15)19(3)12-5-4-8-18(2)10-12/h6-7,12,16H,4-5,8-10H2,1-3H3. The first-order chi connectivity index (χ1) is 9.13. The first-order valence-electron chi connectivity index (χ1n) is 6.83. The van der Waals surface area contributed by atoms with Crippen molar-refractivity contribution in [3.8, 4) is 0 Å². The number of piperidine rings is 1. The molecule has 19 heavy (non-hydrogen) atoms. The second-order valence-electron chi connectivity index (χ2n) is 5.31. The van der Waals surface area contributed by atoms with Crippen molar-refractivity contribution in [3.05, 3.63) is 23.6 Å². The van der Waals surface area contributed by atoms with Crippen LogP contribution in [0.25, 0.3) is 0 Å². The summed E-state index contributed by atoms with van der Waals surface area (Å²) in [5.41, 5.74) is 0.670. The number of hydrogen-bond donors (Lipinski definition) is 1. The Morgan fingerprint density at radius 2 is 2.37 bits per heavy atom. The van der Waals surface area contributed by atoms with Crippen molar-refractivity contribution >= 4 is 5.82 Å². The Labute approximate surface area is 114 Å². The highest BCUT2D eigenvalue weighted by Gasteiger charge is 2.24. The molecule has 4 nitrogen and oxygen atoms in total. The Morgan fingerprint density at radius 3 is 3.05 bits per heavy atom. The molecule has 0 aliphatic carbocycles. The first-order valence-corrected chi connectivity index (χ1v) is 6.83. The molecule has 106 valence electrons. The third-order valence-electron chi connectivity index (χ3n) is 3.80. The Morgan fingerprint density at radius 1 is 1.58 bits per heavy atom. The van der Waals surface area contributed by atoms with E-state index in [1.54, 1.807) is 12.3 Å². The van der Waals surface area contributed by atoms with E-state index in [9.17, 15) is 4.39 Å². The van der Waals surface area contributed by atoms with Crippen LogP contribution in [-0.2, 0) is 6.54 Å². The quantitative estimate of drug-likeness (QED) is 0.894. The number of likely N-dealkylation sites (N-methyl/N-ethyl adjacent to an activating group) is 2. The molecule has 0 radical (unpaired) electrons. The van der Waals surface area contributed by atoms with E-state index in [2.05, 4.69) is 22.2 Å². The van der Waals surface area contributed by atoms with Crippen molar-refractivity contribution in [1.29, 1.82) is 0 Å². The molecule has 0 aromatic carbocycles. The molecule has 0 amide bonds. The second kappa shape index (κ2) is 6.30. The second-order valence-corrected chi connectivity index (χ2v) is 5.31. The number of hydrogen-bond acceptors (Lipinski definition) is 4. The van der Waals surface area contributed by atoms with Crippen LogP contribution in [0.4, 0.5) is 10.2 Å². The largest absolute Gasteiger partial charge is 0.353 e. The van der Waals surface area contributed by atoms with Gasteiger partial charge in [-0.05, 0) is 39.5 Å². The molecule has 0 bridgehead atoms. The zero-order valence-electron chi connectivity index (χ0n) is 12.0. The summed E-state index contributed by atoms with van der Waals surface area (Å²) >= 11 is 0. The minimum atomic E-state index is -0.201. The van der Waals surface area contributed by atoms with Gasteiger partial charge in [0, 0.05) is 37.9 Å². The monoisotopic (exact) mass is 266 g/mol. The maximum Gasteiger partial charge on any atom is 0.170 e. The fourth-order valence-electron chi connectivity index (χ4n) is 2.67. The molecule has 1 atom stereocenters. The van der Waals surface area contributed by atoms with E-state index in [0.717, 1.165) is 25.9 Å². The molecule has 0 saturated carbocycles. The van der Waals surface area contributed by atoms with E-state index >= 15 is 0 Å². The van der Waals surface area contributed by atoms with E-state index in [-0.39, 0.29) is 5.82 Å². The molecule has 1 saturated heterocycles. The van der Waals surface area contributed by atoms with E-state index in [0.29, 0.717) is 24.0 Å². The van der Waals surface area contributed by atoms with Gasteiger partial charge in [0.25, 0.3) is 0 Å². The van der Waals surface area contributed by atoms with Crippen LogP contribution in [0, 0.1) is 5.82 Å². The zero-order valence-corrected chi connectivity index (χ0v) is 12.0. The van der Waals surface area contributed by atoms with Gasteiger partial charge in [-0.2, -0.15) is 0 Å². The average Bonchev–Trinajstić information content (AvgIpc) is 2.41. The molecule has 1 aliphatic heterocycles. The summed E-state index contributed by atoms with van der Waals surface area (Å²) in [6.45, 7) is 2.62. The number of anilines is 1. The molecule has 1 unspecified atom stereocenters. The van der Waals surface area contributed by atoms with Gasteiger partial charge in [-0.3, -0.25) is 0 Å². The van der Waals surface area contributed by atoms with Crippen LogP contribution in [0.1, 0.15) is 18.4 Å². The van der Waals surface area contributed by atoms with Gasteiger partial charge in [-0.15, -0.1) is 0 Å². The third kappa shape index (κ3) is 3.22. The van der Waals surface area contributed by atoms with Gasteiger partial charge in [0.15, 0.2) is 11.6 Å². The lowest BCUT2D eigenvalue weighted by atomic mass is 10.0.